The third kappa shape index (κ3) is 7.82. The lowest BCUT2D eigenvalue weighted by atomic mass is 9.74. The van der Waals surface area contributed by atoms with E-state index >= 15 is 0 Å². The standard InChI is InChI=1S/C38H55N7O2/c1-6-32(28-14-16-29(17-15-28)37(46)47-5)41-38-42-33-19-18-31(27-12-8-7-9-13-27)26(3)35(33)36(43-38)40-34(30-21-39-44(4)23-30)24-45-20-10-11-25(2)22-45/h7-9,12-13,21,23,25-26,28-29,31-32,34H,6,10-11,14-20,22,24H2,1-5H3,(H2,40,41,42,43)/t25-,26+,28?,29?,31+,32+,34-/m0/s1. The second kappa shape index (κ2) is 15.2. The highest BCUT2D eigenvalue weighted by Crippen LogP contribution is 2.45. The number of anilines is 2. The van der Waals surface area contributed by atoms with Gasteiger partial charge in [-0.3, -0.25) is 9.48 Å². The highest BCUT2D eigenvalue weighted by Gasteiger charge is 2.35. The molecule has 1 saturated carbocycles. The predicted molar refractivity (Wildman–Crippen MR) is 188 cm³/mol. The van der Waals surface area contributed by atoms with Crippen LogP contribution < -0.4 is 10.6 Å². The van der Waals surface area contributed by atoms with Crippen molar-refractivity contribution >= 4 is 17.7 Å². The number of benzene rings is 1. The van der Waals surface area contributed by atoms with E-state index in [2.05, 4.69) is 77.9 Å². The molecule has 1 aliphatic heterocycles. The van der Waals surface area contributed by atoms with Crippen molar-refractivity contribution in [1.29, 1.82) is 0 Å². The van der Waals surface area contributed by atoms with Gasteiger partial charge in [-0.15, -0.1) is 0 Å². The Morgan fingerprint density at radius 3 is 2.51 bits per heavy atom. The molecule has 3 aliphatic rings. The molecule has 0 amide bonds. The molecule has 254 valence electrons. The number of likely N-dealkylation sites (tertiary alicyclic amines) is 1. The van der Waals surface area contributed by atoms with E-state index in [4.69, 9.17) is 14.7 Å². The van der Waals surface area contributed by atoms with Crippen LogP contribution in [0.5, 0.6) is 0 Å². The molecule has 0 spiro atoms. The molecule has 6 rings (SSSR count). The smallest absolute Gasteiger partial charge is 0.308 e. The zero-order chi connectivity index (χ0) is 32.9. The Morgan fingerprint density at radius 2 is 1.83 bits per heavy atom. The van der Waals surface area contributed by atoms with E-state index in [1.807, 2.05) is 17.9 Å². The van der Waals surface area contributed by atoms with Crippen LogP contribution in [0.2, 0.25) is 0 Å². The van der Waals surface area contributed by atoms with Gasteiger partial charge in [0.1, 0.15) is 5.82 Å². The molecule has 1 saturated heterocycles. The first-order valence-corrected chi connectivity index (χ1v) is 18.1. The Labute approximate surface area is 281 Å². The van der Waals surface area contributed by atoms with E-state index in [0.717, 1.165) is 82.0 Å². The fraction of sp³-hybridized carbons (Fsp3) is 0.632. The molecule has 47 heavy (non-hydrogen) atoms. The largest absolute Gasteiger partial charge is 0.469 e. The Kier molecular flexibility index (Phi) is 10.8. The van der Waals surface area contributed by atoms with Crippen molar-refractivity contribution < 1.29 is 9.53 Å². The van der Waals surface area contributed by atoms with Crippen LogP contribution in [0.3, 0.4) is 0 Å². The minimum atomic E-state index is -0.0664. The van der Waals surface area contributed by atoms with Crippen LogP contribution in [0, 0.1) is 17.8 Å². The van der Waals surface area contributed by atoms with Crippen LogP contribution in [-0.4, -0.2) is 63.4 Å². The van der Waals surface area contributed by atoms with E-state index in [-0.39, 0.29) is 29.9 Å². The predicted octanol–water partition coefficient (Wildman–Crippen LogP) is 7.10. The van der Waals surface area contributed by atoms with E-state index in [0.29, 0.717) is 17.8 Å². The molecule has 5 atom stereocenters. The molecule has 0 unspecified atom stereocenters. The Balaban J connectivity index is 1.31. The fourth-order valence-corrected chi connectivity index (χ4v) is 8.63. The van der Waals surface area contributed by atoms with Gasteiger partial charge in [-0.1, -0.05) is 51.1 Å². The number of esters is 1. The summed E-state index contributed by atoms with van der Waals surface area (Å²) in [5.41, 5.74) is 4.98. The summed E-state index contributed by atoms with van der Waals surface area (Å²) in [6.07, 6.45) is 13.5. The van der Waals surface area contributed by atoms with Crippen LogP contribution in [0.15, 0.2) is 42.7 Å². The van der Waals surface area contributed by atoms with Gasteiger partial charge in [0.05, 0.1) is 31.0 Å². The summed E-state index contributed by atoms with van der Waals surface area (Å²) in [5, 5.41) is 12.4. The van der Waals surface area contributed by atoms with Crippen molar-refractivity contribution in [3.63, 3.8) is 0 Å². The molecular weight excluding hydrogens is 586 g/mol. The summed E-state index contributed by atoms with van der Waals surface area (Å²) in [7, 11) is 3.49. The monoisotopic (exact) mass is 641 g/mol. The maximum absolute atomic E-state index is 12.2. The lowest BCUT2D eigenvalue weighted by Gasteiger charge is -2.36. The molecule has 2 aliphatic carbocycles. The molecule has 0 bridgehead atoms. The zero-order valence-corrected chi connectivity index (χ0v) is 29.1. The number of ether oxygens (including phenoxy) is 1. The highest BCUT2D eigenvalue weighted by atomic mass is 16.5. The van der Waals surface area contributed by atoms with E-state index in [1.54, 1.807) is 0 Å². The van der Waals surface area contributed by atoms with Gasteiger partial charge in [-0.2, -0.15) is 10.1 Å². The second-order valence-corrected chi connectivity index (χ2v) is 14.5. The highest BCUT2D eigenvalue weighted by molar-refractivity contribution is 5.72. The SMILES string of the molecule is CC[C@@H](Nc1nc2c(c(N[C@@H](CN3CCC[C@H](C)C3)c3cnn(C)c3)n1)[C@H](C)[C@H](c1ccccc1)CC2)C1CCC(C(=O)OC)CC1. The number of fused-ring (bicyclic) bond motifs is 1. The number of methoxy groups -OCH3 is 1. The van der Waals surface area contributed by atoms with Crippen molar-refractivity contribution in [2.75, 3.05) is 37.4 Å². The molecule has 9 nitrogen and oxygen atoms in total. The number of hydrogen-bond donors (Lipinski definition) is 2. The van der Waals surface area contributed by atoms with Gasteiger partial charge in [0.2, 0.25) is 5.95 Å². The van der Waals surface area contributed by atoms with Crippen LogP contribution >= 0.6 is 0 Å². The number of nitrogens with one attached hydrogen (secondary N) is 2. The number of rotatable bonds is 11. The molecule has 3 heterocycles. The van der Waals surface area contributed by atoms with E-state index < -0.39 is 0 Å². The van der Waals surface area contributed by atoms with Crippen molar-refractivity contribution in [2.24, 2.45) is 24.8 Å². The number of carbonyl (C=O) groups is 1. The molecule has 2 fully saturated rings. The van der Waals surface area contributed by atoms with Crippen molar-refractivity contribution in [3.8, 4) is 0 Å². The number of hydrogen-bond acceptors (Lipinski definition) is 8. The Morgan fingerprint density at radius 1 is 1.04 bits per heavy atom. The normalized spacial score (nSPS) is 26.2. The van der Waals surface area contributed by atoms with Crippen molar-refractivity contribution in [2.45, 2.75) is 102 Å². The zero-order valence-electron chi connectivity index (χ0n) is 29.1. The van der Waals surface area contributed by atoms with Crippen LogP contribution in [0.1, 0.15) is 112 Å². The van der Waals surface area contributed by atoms with Gasteiger partial charge in [-0.25, -0.2) is 4.98 Å². The fourth-order valence-electron chi connectivity index (χ4n) is 8.63. The maximum atomic E-state index is 12.2. The first-order valence-electron chi connectivity index (χ1n) is 18.1. The van der Waals surface area contributed by atoms with Crippen molar-refractivity contribution in [1.82, 2.24) is 24.6 Å². The number of carbonyl (C=O) groups excluding carboxylic acids is 1. The Bertz CT molecular complexity index is 1470. The molecule has 3 aromatic rings. The van der Waals surface area contributed by atoms with Crippen LogP contribution in [0.25, 0.3) is 0 Å². The third-order valence-electron chi connectivity index (χ3n) is 11.3. The molecular formula is C38H55N7O2. The minimum Gasteiger partial charge on any atom is -0.469 e. The van der Waals surface area contributed by atoms with Gasteiger partial charge in [0.25, 0.3) is 0 Å². The Hall–Kier alpha value is -3.46. The number of aryl methyl sites for hydroxylation is 2. The lowest BCUT2D eigenvalue weighted by Crippen LogP contribution is -2.39. The first-order chi connectivity index (χ1) is 22.8. The number of nitrogens with zero attached hydrogens (tertiary/aromatic N) is 5. The third-order valence-corrected chi connectivity index (χ3v) is 11.3. The van der Waals surface area contributed by atoms with Gasteiger partial charge >= 0.3 is 5.97 Å². The second-order valence-electron chi connectivity index (χ2n) is 14.5. The number of piperidine rings is 1. The molecule has 0 radical (unpaired) electrons. The molecule has 1 aromatic carbocycles. The molecule has 9 heteroatoms. The van der Waals surface area contributed by atoms with Crippen molar-refractivity contribution in [3.05, 3.63) is 65.1 Å². The van der Waals surface area contributed by atoms with Crippen LogP contribution in [-0.2, 0) is 23.0 Å². The molecule has 2 aromatic heterocycles. The first kappa shape index (κ1) is 33.4. The average molecular weight is 642 g/mol. The van der Waals surface area contributed by atoms with Crippen LogP contribution in [0.4, 0.5) is 11.8 Å². The summed E-state index contributed by atoms with van der Waals surface area (Å²) in [6.45, 7) is 10.1. The summed E-state index contributed by atoms with van der Waals surface area (Å²) in [4.78, 5) is 25.4. The average Bonchev–Trinajstić information content (AvgIpc) is 3.53. The number of aromatic nitrogens is 4. The molecule has 2 N–H and O–H groups in total. The maximum Gasteiger partial charge on any atom is 0.308 e. The summed E-state index contributed by atoms with van der Waals surface area (Å²) in [6, 6.07) is 11.3. The topological polar surface area (TPSA) is 97.2 Å². The van der Waals surface area contributed by atoms with Gasteiger partial charge in [0.15, 0.2) is 0 Å². The minimum absolute atomic E-state index is 0.0240. The van der Waals surface area contributed by atoms with E-state index in [1.165, 1.54) is 36.6 Å². The summed E-state index contributed by atoms with van der Waals surface area (Å²) in [5.74, 6) is 3.50. The summed E-state index contributed by atoms with van der Waals surface area (Å²) >= 11 is 0. The quantitative estimate of drug-likeness (QED) is 0.214. The van der Waals surface area contributed by atoms with Gasteiger partial charge < -0.3 is 20.3 Å². The lowest BCUT2D eigenvalue weighted by molar-refractivity contribution is -0.146. The van der Waals surface area contributed by atoms with Gasteiger partial charge in [-0.05, 0) is 93.6 Å². The van der Waals surface area contributed by atoms with Gasteiger partial charge in [0, 0.05) is 43.5 Å². The summed E-state index contributed by atoms with van der Waals surface area (Å²) < 4.78 is 6.95. The van der Waals surface area contributed by atoms with E-state index in [9.17, 15) is 4.79 Å².